The molecule has 1 saturated heterocycles. The molecule has 3 rings (SSSR count). The molecule has 0 aliphatic carbocycles. The Bertz CT molecular complexity index is 1100. The van der Waals surface area contributed by atoms with E-state index < -0.39 is 53.1 Å². The van der Waals surface area contributed by atoms with Crippen molar-refractivity contribution in [3.05, 3.63) is 59.4 Å². The molecule has 206 valence electrons. The molecular formula is C25H30N2O10S. The molecule has 1 aliphatic heterocycles. The molecule has 1 aromatic carbocycles. The fourth-order valence-corrected chi connectivity index (χ4v) is 4.50. The van der Waals surface area contributed by atoms with Gasteiger partial charge in [0.25, 0.3) is 5.24 Å². The molecule has 0 unspecified atom stereocenters. The number of nitrogens with zero attached hydrogens (tertiary/aromatic N) is 1. The number of carbonyl (C=O) groups is 3. The van der Waals surface area contributed by atoms with Gasteiger partial charge in [0.05, 0.1) is 6.61 Å². The lowest BCUT2D eigenvalue weighted by molar-refractivity contribution is -0.230. The van der Waals surface area contributed by atoms with Gasteiger partial charge in [-0.05, 0) is 53.9 Å². The molecule has 1 aromatic heterocycles. The van der Waals surface area contributed by atoms with Crippen molar-refractivity contribution >= 4 is 28.9 Å². The Kier molecular flexibility index (Phi) is 10.4. The smallest absolute Gasteiger partial charge is 0.335 e. The van der Waals surface area contributed by atoms with Gasteiger partial charge in [-0.15, -0.1) is 0 Å². The number of thioether (sulfide) groups is 1. The van der Waals surface area contributed by atoms with Gasteiger partial charge in [-0.3, -0.25) is 14.6 Å². The maximum Gasteiger partial charge on any atom is 0.335 e. The first-order chi connectivity index (χ1) is 18.1. The second kappa shape index (κ2) is 13.5. The zero-order valence-electron chi connectivity index (χ0n) is 20.5. The van der Waals surface area contributed by atoms with Crippen molar-refractivity contribution in [2.45, 2.75) is 62.1 Å². The van der Waals surface area contributed by atoms with Crippen LogP contribution in [-0.2, 0) is 33.6 Å². The van der Waals surface area contributed by atoms with Gasteiger partial charge in [0.15, 0.2) is 12.3 Å². The van der Waals surface area contributed by atoms with Crippen LogP contribution in [0.2, 0.25) is 0 Å². The molecule has 1 amide bonds. The fraction of sp³-hybridized carbons (Fsp3) is 0.440. The number of rotatable bonds is 11. The van der Waals surface area contributed by atoms with E-state index in [1.165, 1.54) is 0 Å². The largest absolute Gasteiger partial charge is 0.493 e. The Morgan fingerprint density at radius 2 is 1.71 bits per heavy atom. The number of amides is 1. The molecule has 1 fully saturated rings. The molecule has 6 N–H and O–H groups in total. The van der Waals surface area contributed by atoms with Crippen molar-refractivity contribution in [1.82, 2.24) is 10.3 Å². The van der Waals surface area contributed by atoms with Gasteiger partial charge in [0.2, 0.25) is 0 Å². The van der Waals surface area contributed by atoms with Crippen LogP contribution >= 0.6 is 11.8 Å². The van der Waals surface area contributed by atoms with E-state index in [9.17, 15) is 34.8 Å². The number of aliphatic hydroxyl groups excluding tert-OH is 3. The van der Waals surface area contributed by atoms with Crippen LogP contribution < -0.4 is 10.1 Å². The predicted octanol–water partition coefficient (Wildman–Crippen LogP) is 0.596. The summed E-state index contributed by atoms with van der Waals surface area (Å²) in [5.74, 6) is -2.28. The molecule has 13 heteroatoms. The number of nitrogens with one attached hydrogen (secondary N) is 1. The standard InChI is InChI=1S/C25H30N2O10S/c1-2-13-3-6-15(26-12-13)9-10-36-16-7-4-14(5-8-16)11-17(23(31)32)38-25(35)27-22-20(30)18(28)19(29)21(37-22)24(33)34/h3-8,12,17-22,28-30H,2,9-11H2,1H3,(H,27,35)(H,31,32)(H,33,34)/t17-,18+,19+,20-,21+,22-/m1/s1. The van der Waals surface area contributed by atoms with Crippen molar-refractivity contribution in [3.8, 4) is 5.75 Å². The Labute approximate surface area is 222 Å². The monoisotopic (exact) mass is 550 g/mol. The normalized spacial score (nSPS) is 23.8. The van der Waals surface area contributed by atoms with Crippen LogP contribution in [0.4, 0.5) is 4.79 Å². The summed E-state index contributed by atoms with van der Waals surface area (Å²) in [6.07, 6.45) is -5.82. The van der Waals surface area contributed by atoms with E-state index in [0.717, 1.165) is 17.7 Å². The molecule has 6 atom stereocenters. The number of hydrogen-bond acceptors (Lipinski definition) is 10. The van der Waals surface area contributed by atoms with Crippen molar-refractivity contribution in [3.63, 3.8) is 0 Å². The highest BCUT2D eigenvalue weighted by molar-refractivity contribution is 8.14. The van der Waals surface area contributed by atoms with Gasteiger partial charge in [0.1, 0.15) is 29.3 Å². The number of carboxylic acid groups (broad SMARTS) is 2. The first-order valence-corrected chi connectivity index (χ1v) is 12.7. The van der Waals surface area contributed by atoms with E-state index in [1.54, 1.807) is 24.3 Å². The van der Waals surface area contributed by atoms with Crippen LogP contribution in [-0.4, -0.2) is 90.2 Å². The minimum Gasteiger partial charge on any atom is -0.493 e. The van der Waals surface area contributed by atoms with Crippen LogP contribution in [0.25, 0.3) is 0 Å². The Hall–Kier alpha value is -3.23. The summed E-state index contributed by atoms with van der Waals surface area (Å²) < 4.78 is 10.7. The zero-order chi connectivity index (χ0) is 27.8. The molecule has 0 radical (unpaired) electrons. The maximum atomic E-state index is 12.4. The average Bonchev–Trinajstić information content (AvgIpc) is 2.89. The highest BCUT2D eigenvalue weighted by Crippen LogP contribution is 2.24. The lowest BCUT2D eigenvalue weighted by Gasteiger charge is -2.38. The van der Waals surface area contributed by atoms with Gasteiger partial charge in [-0.25, -0.2) is 4.79 Å². The van der Waals surface area contributed by atoms with Gasteiger partial charge in [0, 0.05) is 18.3 Å². The van der Waals surface area contributed by atoms with Crippen LogP contribution in [0, 0.1) is 0 Å². The second-order valence-corrected chi connectivity index (χ2v) is 9.80. The van der Waals surface area contributed by atoms with Gasteiger partial charge in [-0.2, -0.15) is 0 Å². The van der Waals surface area contributed by atoms with Crippen molar-refractivity contribution < 1.29 is 49.4 Å². The van der Waals surface area contributed by atoms with Crippen LogP contribution in [0.1, 0.15) is 23.7 Å². The van der Waals surface area contributed by atoms with Gasteiger partial charge in [-0.1, -0.05) is 25.1 Å². The van der Waals surface area contributed by atoms with E-state index >= 15 is 0 Å². The highest BCUT2D eigenvalue weighted by atomic mass is 32.2. The molecule has 2 aromatic rings. The third-order valence-electron chi connectivity index (χ3n) is 5.91. The third kappa shape index (κ3) is 7.88. The van der Waals surface area contributed by atoms with E-state index in [4.69, 9.17) is 14.6 Å². The predicted molar refractivity (Wildman–Crippen MR) is 135 cm³/mol. The van der Waals surface area contributed by atoms with E-state index in [0.29, 0.717) is 36.1 Å². The number of ether oxygens (including phenoxy) is 2. The van der Waals surface area contributed by atoms with Crippen molar-refractivity contribution in [2.24, 2.45) is 0 Å². The second-order valence-electron chi connectivity index (χ2n) is 8.62. The minimum atomic E-state index is -1.91. The summed E-state index contributed by atoms with van der Waals surface area (Å²) in [5.41, 5.74) is 2.69. The minimum absolute atomic E-state index is 0.0193. The number of aryl methyl sites for hydroxylation is 1. The number of aliphatic hydroxyl groups is 3. The third-order valence-corrected chi connectivity index (χ3v) is 6.89. The molecule has 0 saturated carbocycles. The van der Waals surface area contributed by atoms with Gasteiger partial charge < -0.3 is 40.3 Å². The number of aromatic nitrogens is 1. The number of carbonyl (C=O) groups excluding carboxylic acids is 1. The van der Waals surface area contributed by atoms with E-state index in [1.807, 2.05) is 18.3 Å². The lowest BCUT2D eigenvalue weighted by Crippen LogP contribution is -2.63. The quantitative estimate of drug-likeness (QED) is 0.228. The molecule has 1 aliphatic rings. The summed E-state index contributed by atoms with van der Waals surface area (Å²) >= 11 is 0.403. The van der Waals surface area contributed by atoms with Crippen molar-refractivity contribution in [1.29, 1.82) is 0 Å². The summed E-state index contributed by atoms with van der Waals surface area (Å²) in [5, 5.41) is 48.3. The molecule has 12 nitrogen and oxygen atoms in total. The maximum absolute atomic E-state index is 12.4. The summed E-state index contributed by atoms with van der Waals surface area (Å²) in [4.78, 5) is 39.8. The summed E-state index contributed by atoms with van der Waals surface area (Å²) in [6, 6.07) is 10.7. The fourth-order valence-electron chi connectivity index (χ4n) is 3.68. The Morgan fingerprint density at radius 3 is 2.29 bits per heavy atom. The topological polar surface area (TPSA) is 196 Å². The van der Waals surface area contributed by atoms with Crippen LogP contribution in [0.5, 0.6) is 5.75 Å². The van der Waals surface area contributed by atoms with E-state index in [-0.39, 0.29) is 6.42 Å². The number of benzene rings is 1. The molecule has 0 bridgehead atoms. The van der Waals surface area contributed by atoms with Crippen LogP contribution in [0.15, 0.2) is 42.6 Å². The number of hydrogen-bond donors (Lipinski definition) is 6. The number of aliphatic carboxylic acids is 2. The lowest BCUT2D eigenvalue weighted by atomic mass is 9.98. The number of pyridine rings is 1. The average molecular weight is 551 g/mol. The Balaban J connectivity index is 1.51. The zero-order valence-corrected chi connectivity index (χ0v) is 21.3. The molecule has 38 heavy (non-hydrogen) atoms. The summed E-state index contributed by atoms with van der Waals surface area (Å²) in [7, 11) is 0. The first kappa shape index (κ1) is 29.3. The molecule has 2 heterocycles. The first-order valence-electron chi connectivity index (χ1n) is 11.9. The summed E-state index contributed by atoms with van der Waals surface area (Å²) in [6.45, 7) is 2.47. The van der Waals surface area contributed by atoms with Crippen LogP contribution in [0.3, 0.4) is 0 Å². The van der Waals surface area contributed by atoms with Gasteiger partial charge >= 0.3 is 11.9 Å². The van der Waals surface area contributed by atoms with E-state index in [2.05, 4.69) is 17.2 Å². The number of carboxylic acids is 2. The molecule has 0 spiro atoms. The van der Waals surface area contributed by atoms with Crippen molar-refractivity contribution in [2.75, 3.05) is 6.61 Å². The highest BCUT2D eigenvalue weighted by Gasteiger charge is 2.47. The Morgan fingerprint density at radius 1 is 1.03 bits per heavy atom. The molecular weight excluding hydrogens is 520 g/mol. The SMILES string of the molecule is CCc1ccc(CCOc2ccc(C[C@@H](SC(=O)N[C@@H]3O[C@H](C(=O)O)[C@@H](O)[C@H](O)[C@H]3O)C(=O)O)cc2)nc1.